The Bertz CT molecular complexity index is 1360. The van der Waals surface area contributed by atoms with E-state index in [4.69, 9.17) is 9.15 Å². The second-order valence-electron chi connectivity index (χ2n) is 7.24. The molecule has 5 rings (SSSR count). The summed E-state index contributed by atoms with van der Waals surface area (Å²) in [6, 6.07) is 18.3. The number of nitrogens with zero attached hydrogens (tertiary/aromatic N) is 3. The van der Waals surface area contributed by atoms with Gasteiger partial charge < -0.3 is 14.3 Å². The number of Topliss-reactive ketones (excluding diaryl/α,β-unsaturated/α-hetero) is 1. The van der Waals surface area contributed by atoms with Crippen LogP contribution >= 0.6 is 11.3 Å². The summed E-state index contributed by atoms with van der Waals surface area (Å²) in [6.45, 7) is 1.76. The molecule has 0 spiro atoms. The zero-order valence-electron chi connectivity index (χ0n) is 17.3. The van der Waals surface area contributed by atoms with Crippen LogP contribution in [-0.4, -0.2) is 27.0 Å². The number of aromatic nitrogens is 2. The number of aliphatic hydroxyl groups is 1. The number of ether oxygens (including phenoxy) is 1. The van der Waals surface area contributed by atoms with Crippen molar-refractivity contribution in [2.24, 2.45) is 0 Å². The van der Waals surface area contributed by atoms with Crippen LogP contribution in [0.4, 0.5) is 5.13 Å². The largest absolute Gasteiger partial charge is 0.503 e. The molecule has 0 fully saturated rings. The Kier molecular flexibility index (Phi) is 5.23. The zero-order chi connectivity index (χ0) is 22.9. The average Bonchev–Trinajstić information content (AvgIpc) is 3.55. The van der Waals surface area contributed by atoms with E-state index >= 15 is 0 Å². The summed E-state index contributed by atoms with van der Waals surface area (Å²) >= 11 is 1.19. The summed E-state index contributed by atoms with van der Waals surface area (Å²) in [5.74, 6) is -0.811. The topological polar surface area (TPSA) is 106 Å². The maximum Gasteiger partial charge on any atom is 0.296 e. The standard InChI is InChI=1S/C24H17N3O5S/c1-14-25-26-24(33-14)27-20(19(22(29)23(27)30)21(28)18-11-6-12-31-18)15-7-5-10-17(13-15)32-16-8-3-2-4-9-16/h2-13,20,29H,1H3/t20-/m1/s1. The number of rotatable bonds is 6. The van der Waals surface area contributed by atoms with E-state index in [2.05, 4.69) is 10.2 Å². The van der Waals surface area contributed by atoms with Gasteiger partial charge in [0.2, 0.25) is 10.9 Å². The molecule has 164 valence electrons. The van der Waals surface area contributed by atoms with E-state index in [0.717, 1.165) is 0 Å². The summed E-state index contributed by atoms with van der Waals surface area (Å²) in [7, 11) is 0. The first kappa shape index (κ1) is 20.7. The Hall–Kier alpha value is -4.24. The van der Waals surface area contributed by atoms with Gasteiger partial charge in [-0.15, -0.1) is 10.2 Å². The third kappa shape index (κ3) is 3.79. The number of benzene rings is 2. The molecule has 1 N–H and O–H groups in total. The van der Waals surface area contributed by atoms with E-state index in [1.165, 1.54) is 28.6 Å². The van der Waals surface area contributed by atoms with E-state index in [9.17, 15) is 14.7 Å². The number of carbonyl (C=O) groups is 2. The molecule has 0 saturated heterocycles. The van der Waals surface area contributed by atoms with E-state index in [1.54, 1.807) is 37.3 Å². The van der Waals surface area contributed by atoms with Crippen molar-refractivity contribution in [3.05, 3.63) is 101 Å². The summed E-state index contributed by atoms with van der Waals surface area (Å²) in [6.07, 6.45) is 1.36. The highest BCUT2D eigenvalue weighted by atomic mass is 32.1. The number of furan rings is 1. The van der Waals surface area contributed by atoms with Crippen LogP contribution < -0.4 is 9.64 Å². The Morgan fingerprint density at radius 2 is 1.85 bits per heavy atom. The first-order valence-corrected chi connectivity index (χ1v) is 10.8. The lowest BCUT2D eigenvalue weighted by atomic mass is 9.95. The van der Waals surface area contributed by atoms with Crippen LogP contribution in [0.15, 0.2) is 88.7 Å². The van der Waals surface area contributed by atoms with Crippen molar-refractivity contribution in [2.75, 3.05) is 4.90 Å². The van der Waals surface area contributed by atoms with Gasteiger partial charge in [0.1, 0.15) is 16.5 Å². The number of amides is 1. The molecule has 0 radical (unpaired) electrons. The van der Waals surface area contributed by atoms with Gasteiger partial charge in [0.15, 0.2) is 11.5 Å². The van der Waals surface area contributed by atoms with Gasteiger partial charge in [-0.25, -0.2) is 0 Å². The number of anilines is 1. The van der Waals surface area contributed by atoms with Gasteiger partial charge in [-0.05, 0) is 48.9 Å². The molecule has 0 bridgehead atoms. The summed E-state index contributed by atoms with van der Waals surface area (Å²) < 4.78 is 11.2. The number of carbonyl (C=O) groups excluding carboxylic acids is 2. The van der Waals surface area contributed by atoms with Crippen LogP contribution in [0.25, 0.3) is 0 Å². The van der Waals surface area contributed by atoms with E-state index in [-0.39, 0.29) is 16.5 Å². The Balaban J connectivity index is 1.61. The molecule has 1 atom stereocenters. The number of aryl methyl sites for hydroxylation is 1. The maximum atomic E-state index is 13.3. The molecular formula is C24H17N3O5S. The van der Waals surface area contributed by atoms with Crippen LogP contribution in [-0.2, 0) is 4.79 Å². The third-order valence-corrected chi connectivity index (χ3v) is 5.91. The predicted octanol–water partition coefficient (Wildman–Crippen LogP) is 5.01. The van der Waals surface area contributed by atoms with Gasteiger partial charge in [-0.1, -0.05) is 41.7 Å². The lowest BCUT2D eigenvalue weighted by Gasteiger charge is -2.24. The smallest absolute Gasteiger partial charge is 0.296 e. The summed E-state index contributed by atoms with van der Waals surface area (Å²) in [5.41, 5.74) is 0.461. The normalized spacial score (nSPS) is 15.8. The molecule has 1 aliphatic heterocycles. The highest BCUT2D eigenvalue weighted by molar-refractivity contribution is 7.15. The average molecular weight is 459 g/mol. The van der Waals surface area contributed by atoms with Crippen molar-refractivity contribution in [3.63, 3.8) is 0 Å². The fourth-order valence-electron chi connectivity index (χ4n) is 3.65. The molecule has 8 nitrogen and oxygen atoms in total. The van der Waals surface area contributed by atoms with Gasteiger partial charge in [0.25, 0.3) is 5.91 Å². The first-order chi connectivity index (χ1) is 16.0. The van der Waals surface area contributed by atoms with Crippen LogP contribution in [0.1, 0.15) is 27.2 Å². The summed E-state index contributed by atoms with van der Waals surface area (Å²) in [5, 5.41) is 19.7. The van der Waals surface area contributed by atoms with Gasteiger partial charge in [0, 0.05) is 0 Å². The second-order valence-corrected chi connectivity index (χ2v) is 8.40. The lowest BCUT2D eigenvalue weighted by molar-refractivity contribution is -0.117. The van der Waals surface area contributed by atoms with Crippen molar-refractivity contribution in [1.82, 2.24) is 10.2 Å². The third-order valence-electron chi connectivity index (χ3n) is 5.07. The molecule has 33 heavy (non-hydrogen) atoms. The van der Waals surface area contributed by atoms with Crippen molar-refractivity contribution < 1.29 is 23.8 Å². The van der Waals surface area contributed by atoms with Crippen LogP contribution in [0.5, 0.6) is 11.5 Å². The van der Waals surface area contributed by atoms with E-state index in [1.807, 2.05) is 30.3 Å². The minimum absolute atomic E-state index is 0.0151. The number of ketones is 1. The quantitative estimate of drug-likeness (QED) is 0.404. The first-order valence-electron chi connectivity index (χ1n) is 10.0. The molecule has 9 heteroatoms. The second kappa shape index (κ2) is 8.36. The van der Waals surface area contributed by atoms with Crippen molar-refractivity contribution in [3.8, 4) is 11.5 Å². The molecule has 2 aromatic heterocycles. The molecule has 0 saturated carbocycles. The van der Waals surface area contributed by atoms with E-state index < -0.39 is 23.5 Å². The monoisotopic (exact) mass is 459 g/mol. The fourth-order valence-corrected chi connectivity index (χ4v) is 4.36. The van der Waals surface area contributed by atoms with Crippen molar-refractivity contribution >= 4 is 28.2 Å². The Morgan fingerprint density at radius 3 is 2.55 bits per heavy atom. The highest BCUT2D eigenvalue weighted by Gasteiger charge is 2.46. The minimum atomic E-state index is -0.943. The van der Waals surface area contributed by atoms with Crippen molar-refractivity contribution in [1.29, 1.82) is 0 Å². The lowest BCUT2D eigenvalue weighted by Crippen LogP contribution is -2.31. The van der Waals surface area contributed by atoms with Crippen LogP contribution in [0, 0.1) is 6.92 Å². The summed E-state index contributed by atoms with van der Waals surface area (Å²) in [4.78, 5) is 27.6. The number of aliphatic hydroxyl groups excluding tert-OH is 1. The Labute approximate surface area is 192 Å². The molecule has 0 aliphatic carbocycles. The highest BCUT2D eigenvalue weighted by Crippen LogP contribution is 2.43. The number of hydrogen-bond acceptors (Lipinski definition) is 8. The fraction of sp³-hybridized carbons (Fsp3) is 0.0833. The van der Waals surface area contributed by atoms with Crippen LogP contribution in [0.3, 0.4) is 0 Å². The zero-order valence-corrected chi connectivity index (χ0v) is 18.2. The molecule has 0 unspecified atom stereocenters. The SMILES string of the molecule is Cc1nnc(N2C(=O)C(O)=C(C(=O)c3ccco3)[C@H]2c2cccc(Oc3ccccc3)c2)s1. The number of hydrogen-bond donors (Lipinski definition) is 1. The van der Waals surface area contributed by atoms with Gasteiger partial charge in [0.05, 0.1) is 17.9 Å². The van der Waals surface area contributed by atoms with E-state index in [0.29, 0.717) is 22.1 Å². The molecule has 2 aromatic carbocycles. The van der Waals surface area contributed by atoms with Gasteiger partial charge in [-0.2, -0.15) is 0 Å². The minimum Gasteiger partial charge on any atom is -0.503 e. The molecular weight excluding hydrogens is 442 g/mol. The molecule has 3 heterocycles. The molecule has 1 amide bonds. The van der Waals surface area contributed by atoms with Crippen molar-refractivity contribution in [2.45, 2.75) is 13.0 Å². The van der Waals surface area contributed by atoms with Gasteiger partial charge in [-0.3, -0.25) is 14.5 Å². The van der Waals surface area contributed by atoms with Gasteiger partial charge >= 0.3 is 0 Å². The number of para-hydroxylation sites is 1. The molecule has 1 aliphatic rings. The van der Waals surface area contributed by atoms with Crippen LogP contribution in [0.2, 0.25) is 0 Å². The predicted molar refractivity (Wildman–Crippen MR) is 121 cm³/mol. The molecule has 4 aromatic rings. The maximum absolute atomic E-state index is 13.3. The Morgan fingerprint density at radius 1 is 1.06 bits per heavy atom.